The van der Waals surface area contributed by atoms with Crippen LogP contribution in [0.25, 0.3) is 0 Å². The molecule has 1 saturated heterocycles. The van der Waals surface area contributed by atoms with Gasteiger partial charge in [-0.2, -0.15) is 4.98 Å². The quantitative estimate of drug-likeness (QED) is 0.731. The summed E-state index contributed by atoms with van der Waals surface area (Å²) in [5.41, 5.74) is 1.14. The number of hydrogen-bond donors (Lipinski definition) is 1. The second kappa shape index (κ2) is 8.22. The van der Waals surface area contributed by atoms with Crippen LogP contribution < -0.4 is 15.1 Å². The van der Waals surface area contributed by atoms with Gasteiger partial charge >= 0.3 is 0 Å². The Kier molecular flexibility index (Phi) is 5.34. The Labute approximate surface area is 163 Å². The molecular weight excluding hydrogens is 360 g/mol. The molecule has 7 heteroatoms. The van der Waals surface area contributed by atoms with Gasteiger partial charge in [-0.15, -0.1) is 0 Å². The van der Waals surface area contributed by atoms with Crippen molar-refractivity contribution in [3.63, 3.8) is 0 Å². The van der Waals surface area contributed by atoms with E-state index in [9.17, 15) is 0 Å². The van der Waals surface area contributed by atoms with Crippen LogP contribution in [0.15, 0.2) is 60.9 Å². The molecule has 1 aliphatic rings. The van der Waals surface area contributed by atoms with Crippen molar-refractivity contribution >= 4 is 29.2 Å². The van der Waals surface area contributed by atoms with Gasteiger partial charge in [-0.05, 0) is 35.9 Å². The molecule has 27 heavy (non-hydrogen) atoms. The fraction of sp³-hybridized carbons (Fsp3) is 0.250. The highest BCUT2D eigenvalue weighted by molar-refractivity contribution is 6.30. The van der Waals surface area contributed by atoms with Gasteiger partial charge in [0.2, 0.25) is 5.95 Å². The Morgan fingerprint density at radius 3 is 2.26 bits per heavy atom. The lowest BCUT2D eigenvalue weighted by molar-refractivity contribution is 0.641. The van der Waals surface area contributed by atoms with E-state index in [2.05, 4.69) is 36.1 Å². The van der Waals surface area contributed by atoms with Crippen LogP contribution in [0, 0.1) is 0 Å². The summed E-state index contributed by atoms with van der Waals surface area (Å²) in [6, 6.07) is 15.7. The van der Waals surface area contributed by atoms with Gasteiger partial charge in [-0.3, -0.25) is 0 Å². The molecule has 0 saturated carbocycles. The van der Waals surface area contributed by atoms with Gasteiger partial charge in [-0.25, -0.2) is 9.97 Å². The number of piperazine rings is 1. The summed E-state index contributed by atoms with van der Waals surface area (Å²) in [4.78, 5) is 18.0. The van der Waals surface area contributed by atoms with Gasteiger partial charge in [0.1, 0.15) is 11.6 Å². The lowest BCUT2D eigenvalue weighted by Crippen LogP contribution is -2.47. The number of aromatic nitrogens is 3. The van der Waals surface area contributed by atoms with Crippen molar-refractivity contribution in [3.05, 3.63) is 71.5 Å². The van der Waals surface area contributed by atoms with Crippen LogP contribution in [-0.4, -0.2) is 41.1 Å². The smallest absolute Gasteiger partial charge is 0.224 e. The van der Waals surface area contributed by atoms with Crippen molar-refractivity contribution in [2.24, 2.45) is 0 Å². The fourth-order valence-electron chi connectivity index (χ4n) is 3.10. The molecule has 3 aromatic rings. The first kappa shape index (κ1) is 17.5. The normalized spacial score (nSPS) is 14.3. The van der Waals surface area contributed by atoms with E-state index in [0.717, 1.165) is 48.4 Å². The van der Waals surface area contributed by atoms with Crippen LogP contribution in [0.2, 0.25) is 5.02 Å². The molecule has 0 radical (unpaired) electrons. The lowest BCUT2D eigenvalue weighted by atomic mass is 10.2. The second-order valence-corrected chi connectivity index (χ2v) is 6.82. The number of anilines is 3. The fourth-order valence-corrected chi connectivity index (χ4v) is 3.23. The molecule has 4 rings (SSSR count). The first-order valence-corrected chi connectivity index (χ1v) is 9.38. The third kappa shape index (κ3) is 4.46. The highest BCUT2D eigenvalue weighted by Gasteiger charge is 2.19. The zero-order valence-corrected chi connectivity index (χ0v) is 15.7. The number of benzene rings is 1. The summed E-state index contributed by atoms with van der Waals surface area (Å²) in [5.74, 6) is 2.61. The minimum Gasteiger partial charge on any atom is -0.353 e. The molecule has 1 fully saturated rings. The minimum absolute atomic E-state index is 0.634. The van der Waals surface area contributed by atoms with Crippen LogP contribution in [0.1, 0.15) is 5.56 Å². The summed E-state index contributed by atoms with van der Waals surface area (Å²) < 4.78 is 0. The molecule has 0 atom stereocenters. The molecule has 0 bridgehead atoms. The summed E-state index contributed by atoms with van der Waals surface area (Å²) in [5, 5.41) is 4.02. The SMILES string of the molecule is Clc1ccc(CNc2nccc(N3CCN(c4ccccn4)CC3)n2)cc1. The first-order valence-electron chi connectivity index (χ1n) is 9.00. The Balaban J connectivity index is 1.36. The highest BCUT2D eigenvalue weighted by Crippen LogP contribution is 2.18. The monoisotopic (exact) mass is 380 g/mol. The number of pyridine rings is 1. The van der Waals surface area contributed by atoms with Crippen LogP contribution in [0.3, 0.4) is 0 Å². The highest BCUT2D eigenvalue weighted by atomic mass is 35.5. The van der Waals surface area contributed by atoms with Gasteiger partial charge in [0, 0.05) is 50.1 Å². The van der Waals surface area contributed by atoms with Crippen molar-refractivity contribution in [2.75, 3.05) is 41.3 Å². The van der Waals surface area contributed by atoms with Gasteiger partial charge in [0.15, 0.2) is 0 Å². The van der Waals surface area contributed by atoms with Crippen molar-refractivity contribution in [1.82, 2.24) is 15.0 Å². The molecule has 0 spiro atoms. The molecular formula is C20H21ClN6. The minimum atomic E-state index is 0.634. The molecule has 0 amide bonds. The average molecular weight is 381 g/mol. The van der Waals surface area contributed by atoms with Crippen LogP contribution in [0.5, 0.6) is 0 Å². The topological polar surface area (TPSA) is 57.2 Å². The summed E-state index contributed by atoms with van der Waals surface area (Å²) >= 11 is 5.93. The largest absolute Gasteiger partial charge is 0.353 e. The number of halogens is 1. The van der Waals surface area contributed by atoms with Crippen molar-refractivity contribution < 1.29 is 0 Å². The molecule has 138 valence electrons. The van der Waals surface area contributed by atoms with E-state index in [-0.39, 0.29) is 0 Å². The van der Waals surface area contributed by atoms with E-state index in [1.54, 1.807) is 6.20 Å². The van der Waals surface area contributed by atoms with Crippen LogP contribution >= 0.6 is 11.6 Å². The standard InChI is InChI=1S/C20H21ClN6/c21-17-6-4-16(5-7-17)15-24-20-23-10-8-19(25-20)27-13-11-26(12-14-27)18-3-1-2-9-22-18/h1-10H,11-15H2,(H,23,24,25). The Morgan fingerprint density at radius 1 is 0.815 bits per heavy atom. The lowest BCUT2D eigenvalue weighted by Gasteiger charge is -2.36. The van der Waals surface area contributed by atoms with Crippen molar-refractivity contribution in [2.45, 2.75) is 6.54 Å². The first-order chi connectivity index (χ1) is 13.3. The van der Waals surface area contributed by atoms with Crippen LogP contribution in [-0.2, 0) is 6.54 Å². The predicted octanol–water partition coefficient (Wildman–Crippen LogP) is 3.46. The maximum Gasteiger partial charge on any atom is 0.224 e. The third-order valence-corrected chi connectivity index (χ3v) is 4.83. The molecule has 0 aliphatic carbocycles. The molecule has 3 heterocycles. The predicted molar refractivity (Wildman–Crippen MR) is 109 cm³/mol. The van der Waals surface area contributed by atoms with Crippen molar-refractivity contribution in [3.8, 4) is 0 Å². The van der Waals surface area contributed by atoms with E-state index in [4.69, 9.17) is 11.6 Å². The maximum atomic E-state index is 5.93. The molecule has 0 unspecified atom stereocenters. The Morgan fingerprint density at radius 2 is 1.56 bits per heavy atom. The van der Waals surface area contributed by atoms with Gasteiger partial charge < -0.3 is 15.1 Å². The third-order valence-electron chi connectivity index (χ3n) is 4.58. The van der Waals surface area contributed by atoms with E-state index >= 15 is 0 Å². The number of nitrogens with zero attached hydrogens (tertiary/aromatic N) is 5. The van der Waals surface area contributed by atoms with Crippen molar-refractivity contribution in [1.29, 1.82) is 0 Å². The molecule has 6 nitrogen and oxygen atoms in total. The molecule has 1 aromatic carbocycles. The average Bonchev–Trinajstić information content (AvgIpc) is 2.74. The zero-order chi connectivity index (χ0) is 18.5. The van der Waals surface area contributed by atoms with E-state index < -0.39 is 0 Å². The van der Waals surface area contributed by atoms with Gasteiger partial charge in [0.25, 0.3) is 0 Å². The maximum absolute atomic E-state index is 5.93. The van der Waals surface area contributed by atoms with Crippen LogP contribution in [0.4, 0.5) is 17.6 Å². The summed E-state index contributed by atoms with van der Waals surface area (Å²) in [7, 11) is 0. The van der Waals surface area contributed by atoms with Gasteiger partial charge in [-0.1, -0.05) is 29.8 Å². The molecule has 1 N–H and O–H groups in total. The Bertz CT molecular complexity index is 863. The summed E-state index contributed by atoms with van der Waals surface area (Å²) in [6.07, 6.45) is 3.64. The van der Waals surface area contributed by atoms with Gasteiger partial charge in [0.05, 0.1) is 0 Å². The zero-order valence-electron chi connectivity index (χ0n) is 14.9. The van der Waals surface area contributed by atoms with E-state index in [1.807, 2.05) is 48.7 Å². The number of rotatable bonds is 5. The Hall–Kier alpha value is -2.86. The summed E-state index contributed by atoms with van der Waals surface area (Å²) in [6.45, 7) is 4.33. The van der Waals surface area contributed by atoms with E-state index in [1.165, 1.54) is 0 Å². The number of nitrogens with one attached hydrogen (secondary N) is 1. The molecule has 1 aliphatic heterocycles. The van der Waals surface area contributed by atoms with E-state index in [0.29, 0.717) is 12.5 Å². The second-order valence-electron chi connectivity index (χ2n) is 6.38. The number of hydrogen-bond acceptors (Lipinski definition) is 6. The molecule has 2 aromatic heterocycles.